The van der Waals surface area contributed by atoms with Crippen molar-refractivity contribution in [2.45, 2.75) is 32.8 Å². The van der Waals surface area contributed by atoms with Gasteiger partial charge in [-0.15, -0.1) is 19.7 Å². The van der Waals surface area contributed by atoms with Gasteiger partial charge in [0.1, 0.15) is 0 Å². The van der Waals surface area contributed by atoms with Gasteiger partial charge in [0, 0.05) is 0 Å². The molecule has 0 bridgehead atoms. The third-order valence-corrected chi connectivity index (χ3v) is 1.60. The van der Waals surface area contributed by atoms with Crippen LogP contribution in [0.25, 0.3) is 0 Å². The van der Waals surface area contributed by atoms with E-state index in [-0.39, 0.29) is 6.10 Å². The summed E-state index contributed by atoms with van der Waals surface area (Å²) in [4.78, 5) is 0. The van der Waals surface area contributed by atoms with Crippen molar-refractivity contribution in [2.24, 2.45) is 0 Å². The SMILES string of the molecule is C=CCOC(CC(=C)C)CC(=C)C. The molecule has 0 saturated carbocycles. The van der Waals surface area contributed by atoms with Crippen LogP contribution in [0.3, 0.4) is 0 Å². The summed E-state index contributed by atoms with van der Waals surface area (Å²) in [7, 11) is 0. The predicted octanol–water partition coefficient (Wildman–Crippen LogP) is 3.49. The minimum absolute atomic E-state index is 0.216. The highest BCUT2D eigenvalue weighted by Gasteiger charge is 2.08. The van der Waals surface area contributed by atoms with Crippen molar-refractivity contribution in [3.8, 4) is 0 Å². The Morgan fingerprint density at radius 3 is 2.00 bits per heavy atom. The molecular weight excluding hydrogens is 160 g/mol. The van der Waals surface area contributed by atoms with Crippen LogP contribution < -0.4 is 0 Å². The molecule has 0 aromatic carbocycles. The smallest absolute Gasteiger partial charge is 0.0653 e. The zero-order valence-corrected chi connectivity index (χ0v) is 8.81. The van der Waals surface area contributed by atoms with Gasteiger partial charge in [-0.05, 0) is 26.7 Å². The lowest BCUT2D eigenvalue weighted by Gasteiger charge is -2.16. The minimum Gasteiger partial charge on any atom is -0.374 e. The Morgan fingerprint density at radius 2 is 1.69 bits per heavy atom. The average molecular weight is 180 g/mol. The normalized spacial score (nSPS) is 10.1. The van der Waals surface area contributed by atoms with Crippen LogP contribution in [0.15, 0.2) is 37.0 Å². The van der Waals surface area contributed by atoms with Crippen LogP contribution in [0.4, 0.5) is 0 Å². The summed E-state index contributed by atoms with van der Waals surface area (Å²) in [6.45, 7) is 16.0. The first kappa shape index (κ1) is 12.2. The molecule has 0 radical (unpaired) electrons. The first-order valence-corrected chi connectivity index (χ1v) is 4.57. The maximum atomic E-state index is 5.57. The third kappa shape index (κ3) is 7.54. The molecule has 0 aliphatic carbocycles. The Balaban J connectivity index is 3.93. The molecule has 1 heteroatoms. The molecule has 0 saturated heterocycles. The molecule has 0 aliphatic heterocycles. The molecule has 0 fully saturated rings. The summed E-state index contributed by atoms with van der Waals surface area (Å²) in [5.74, 6) is 0. The lowest BCUT2D eigenvalue weighted by Crippen LogP contribution is -2.13. The minimum atomic E-state index is 0.216. The van der Waals surface area contributed by atoms with Gasteiger partial charge in [-0.3, -0.25) is 0 Å². The van der Waals surface area contributed by atoms with Crippen LogP contribution >= 0.6 is 0 Å². The van der Waals surface area contributed by atoms with Gasteiger partial charge >= 0.3 is 0 Å². The maximum Gasteiger partial charge on any atom is 0.0653 e. The van der Waals surface area contributed by atoms with Gasteiger partial charge in [0.15, 0.2) is 0 Å². The lowest BCUT2D eigenvalue weighted by molar-refractivity contribution is 0.0752. The Bertz CT molecular complexity index is 175. The molecule has 0 N–H and O–H groups in total. The van der Waals surface area contributed by atoms with Gasteiger partial charge < -0.3 is 4.74 Å². The quantitative estimate of drug-likeness (QED) is 0.545. The van der Waals surface area contributed by atoms with Gasteiger partial charge in [0.05, 0.1) is 12.7 Å². The van der Waals surface area contributed by atoms with E-state index in [1.165, 1.54) is 0 Å². The van der Waals surface area contributed by atoms with Crippen molar-refractivity contribution >= 4 is 0 Å². The van der Waals surface area contributed by atoms with Crippen molar-refractivity contribution in [1.29, 1.82) is 0 Å². The Morgan fingerprint density at radius 1 is 1.23 bits per heavy atom. The molecule has 0 rings (SSSR count). The fourth-order valence-corrected chi connectivity index (χ4v) is 1.17. The first-order valence-electron chi connectivity index (χ1n) is 4.57. The topological polar surface area (TPSA) is 9.23 Å². The highest BCUT2D eigenvalue weighted by atomic mass is 16.5. The number of hydrogen-bond donors (Lipinski definition) is 0. The Kier molecular flexibility index (Phi) is 6.25. The highest BCUT2D eigenvalue weighted by Crippen LogP contribution is 2.14. The van der Waals surface area contributed by atoms with E-state index in [0.717, 1.165) is 24.0 Å². The number of rotatable bonds is 7. The summed E-state index contributed by atoms with van der Waals surface area (Å²) < 4.78 is 5.57. The third-order valence-electron chi connectivity index (χ3n) is 1.60. The highest BCUT2D eigenvalue weighted by molar-refractivity contribution is 4.97. The van der Waals surface area contributed by atoms with E-state index >= 15 is 0 Å². The Labute approximate surface area is 81.8 Å². The van der Waals surface area contributed by atoms with Crippen LogP contribution in [0, 0.1) is 0 Å². The van der Waals surface area contributed by atoms with Crippen molar-refractivity contribution in [2.75, 3.05) is 6.61 Å². The van der Waals surface area contributed by atoms with Gasteiger partial charge in [-0.2, -0.15) is 0 Å². The van der Waals surface area contributed by atoms with Crippen LogP contribution in [-0.2, 0) is 4.74 Å². The van der Waals surface area contributed by atoms with E-state index in [4.69, 9.17) is 4.74 Å². The molecule has 0 aromatic heterocycles. The van der Waals surface area contributed by atoms with Crippen molar-refractivity contribution in [3.63, 3.8) is 0 Å². The average Bonchev–Trinajstić information content (AvgIpc) is 1.98. The summed E-state index contributed by atoms with van der Waals surface area (Å²) in [5.41, 5.74) is 2.30. The molecule has 0 aliphatic rings. The van der Waals surface area contributed by atoms with Crippen LogP contribution in [0.2, 0.25) is 0 Å². The van der Waals surface area contributed by atoms with E-state index in [1.54, 1.807) is 6.08 Å². The standard InChI is InChI=1S/C12H20O/c1-6-7-13-12(8-10(2)3)9-11(4)5/h6,12H,1-2,4,7-9H2,3,5H3. The summed E-state index contributed by atoms with van der Waals surface area (Å²) in [6.07, 6.45) is 3.79. The summed E-state index contributed by atoms with van der Waals surface area (Å²) in [6, 6.07) is 0. The van der Waals surface area contributed by atoms with E-state index in [9.17, 15) is 0 Å². The molecule has 0 heterocycles. The molecule has 13 heavy (non-hydrogen) atoms. The van der Waals surface area contributed by atoms with E-state index < -0.39 is 0 Å². The maximum absolute atomic E-state index is 5.57. The monoisotopic (exact) mass is 180 g/mol. The van der Waals surface area contributed by atoms with Gasteiger partial charge in [-0.25, -0.2) is 0 Å². The second-order valence-electron chi connectivity index (χ2n) is 3.57. The van der Waals surface area contributed by atoms with Crippen LogP contribution in [0.1, 0.15) is 26.7 Å². The van der Waals surface area contributed by atoms with E-state index in [2.05, 4.69) is 19.7 Å². The summed E-state index contributed by atoms with van der Waals surface area (Å²) >= 11 is 0. The lowest BCUT2D eigenvalue weighted by atomic mass is 10.0. The molecule has 0 unspecified atom stereocenters. The van der Waals surface area contributed by atoms with Crippen LogP contribution in [0.5, 0.6) is 0 Å². The zero-order valence-electron chi connectivity index (χ0n) is 8.81. The van der Waals surface area contributed by atoms with Gasteiger partial charge in [-0.1, -0.05) is 17.2 Å². The molecule has 1 nitrogen and oxygen atoms in total. The molecule has 0 aromatic rings. The fraction of sp³-hybridized carbons (Fsp3) is 0.500. The molecule has 74 valence electrons. The number of hydrogen-bond acceptors (Lipinski definition) is 1. The number of ether oxygens (including phenoxy) is 1. The van der Waals surface area contributed by atoms with Crippen molar-refractivity contribution in [3.05, 3.63) is 37.0 Å². The molecular formula is C12H20O. The fourth-order valence-electron chi connectivity index (χ4n) is 1.17. The van der Waals surface area contributed by atoms with Crippen LogP contribution in [-0.4, -0.2) is 12.7 Å². The molecule has 0 amide bonds. The van der Waals surface area contributed by atoms with Crippen molar-refractivity contribution < 1.29 is 4.74 Å². The van der Waals surface area contributed by atoms with Crippen molar-refractivity contribution in [1.82, 2.24) is 0 Å². The van der Waals surface area contributed by atoms with E-state index in [0.29, 0.717) is 6.61 Å². The van der Waals surface area contributed by atoms with Gasteiger partial charge in [0.2, 0.25) is 0 Å². The zero-order chi connectivity index (χ0) is 10.3. The molecule has 0 spiro atoms. The van der Waals surface area contributed by atoms with Gasteiger partial charge in [0.25, 0.3) is 0 Å². The predicted molar refractivity (Wildman–Crippen MR) is 58.8 cm³/mol. The second kappa shape index (κ2) is 6.67. The Hall–Kier alpha value is -0.820. The first-order chi connectivity index (χ1) is 6.06. The second-order valence-corrected chi connectivity index (χ2v) is 3.57. The summed E-state index contributed by atoms with van der Waals surface area (Å²) in [5, 5.41) is 0. The molecule has 0 atom stereocenters. The van der Waals surface area contributed by atoms with E-state index in [1.807, 2.05) is 13.8 Å². The largest absolute Gasteiger partial charge is 0.374 e.